The molecule has 2 aromatic carbocycles. The average molecular weight is 366 g/mol. The zero-order valence-corrected chi connectivity index (χ0v) is 15.8. The number of carbonyl (C=O) groups excluding carboxylic acids is 2. The smallest absolute Gasteiger partial charge is 0.251 e. The fraction of sp³-hybridized carbons (Fsp3) is 0.333. The predicted molar refractivity (Wildman–Crippen MR) is 108 cm³/mol. The third-order valence-corrected chi connectivity index (χ3v) is 4.78. The van der Waals surface area contributed by atoms with Crippen molar-refractivity contribution in [3.8, 4) is 0 Å². The topological polar surface area (TPSA) is 64.7 Å². The molecule has 1 atom stereocenters. The number of rotatable bonds is 5. The third kappa shape index (κ3) is 4.86. The summed E-state index contributed by atoms with van der Waals surface area (Å²) in [6.45, 7) is 5.51. The van der Waals surface area contributed by atoms with Gasteiger partial charge in [0.15, 0.2) is 0 Å². The van der Waals surface area contributed by atoms with Crippen molar-refractivity contribution in [1.82, 2.24) is 10.2 Å². The molecule has 2 amide bonds. The summed E-state index contributed by atoms with van der Waals surface area (Å²) >= 11 is 0. The molecule has 1 fully saturated rings. The molecule has 2 aromatic rings. The van der Waals surface area contributed by atoms with Gasteiger partial charge < -0.3 is 20.4 Å². The van der Waals surface area contributed by atoms with Gasteiger partial charge >= 0.3 is 0 Å². The molecule has 0 aliphatic carbocycles. The molecule has 0 radical (unpaired) electrons. The van der Waals surface area contributed by atoms with Gasteiger partial charge in [-0.25, -0.2) is 0 Å². The van der Waals surface area contributed by atoms with Crippen molar-refractivity contribution < 1.29 is 9.59 Å². The van der Waals surface area contributed by atoms with Crippen LogP contribution >= 0.6 is 0 Å². The Kier molecular flexibility index (Phi) is 6.08. The second-order valence-corrected chi connectivity index (χ2v) is 6.86. The zero-order valence-electron chi connectivity index (χ0n) is 15.8. The van der Waals surface area contributed by atoms with Gasteiger partial charge in [-0.1, -0.05) is 30.3 Å². The molecule has 0 bridgehead atoms. The molecule has 1 heterocycles. The molecule has 0 aromatic heterocycles. The van der Waals surface area contributed by atoms with E-state index in [1.807, 2.05) is 30.3 Å². The van der Waals surface area contributed by atoms with E-state index < -0.39 is 6.04 Å². The maximum atomic E-state index is 12.6. The highest BCUT2D eigenvalue weighted by Gasteiger charge is 2.20. The van der Waals surface area contributed by atoms with Gasteiger partial charge in [0.1, 0.15) is 6.04 Å². The minimum Gasteiger partial charge on any atom is -0.367 e. The van der Waals surface area contributed by atoms with E-state index in [9.17, 15) is 9.59 Å². The summed E-state index contributed by atoms with van der Waals surface area (Å²) in [5.41, 5.74) is 2.32. The van der Waals surface area contributed by atoms with E-state index in [2.05, 4.69) is 27.5 Å². The minimum absolute atomic E-state index is 0.235. The highest BCUT2D eigenvalue weighted by Crippen LogP contribution is 2.26. The Balaban J connectivity index is 1.64. The monoisotopic (exact) mass is 366 g/mol. The fourth-order valence-electron chi connectivity index (χ4n) is 3.08. The second-order valence-electron chi connectivity index (χ2n) is 6.86. The number of anilines is 2. The average Bonchev–Trinajstić information content (AvgIpc) is 2.69. The lowest BCUT2D eigenvalue weighted by molar-refractivity contribution is -0.117. The largest absolute Gasteiger partial charge is 0.367 e. The normalized spacial score (nSPS) is 15.9. The highest BCUT2D eigenvalue weighted by atomic mass is 16.2. The number of para-hydroxylation sites is 2. The van der Waals surface area contributed by atoms with Crippen LogP contribution in [0.25, 0.3) is 0 Å². The fourth-order valence-corrected chi connectivity index (χ4v) is 3.08. The van der Waals surface area contributed by atoms with Crippen molar-refractivity contribution in [3.05, 3.63) is 60.2 Å². The van der Waals surface area contributed by atoms with Crippen molar-refractivity contribution in [3.63, 3.8) is 0 Å². The van der Waals surface area contributed by atoms with E-state index in [4.69, 9.17) is 0 Å². The van der Waals surface area contributed by atoms with Crippen LogP contribution < -0.4 is 15.5 Å². The lowest BCUT2D eigenvalue weighted by Gasteiger charge is -2.35. The van der Waals surface area contributed by atoms with Gasteiger partial charge in [-0.05, 0) is 38.2 Å². The molecule has 6 heteroatoms. The van der Waals surface area contributed by atoms with Gasteiger partial charge in [-0.3, -0.25) is 9.59 Å². The van der Waals surface area contributed by atoms with Crippen LogP contribution in [0.15, 0.2) is 54.6 Å². The van der Waals surface area contributed by atoms with Gasteiger partial charge in [-0.2, -0.15) is 0 Å². The summed E-state index contributed by atoms with van der Waals surface area (Å²) in [7, 11) is 2.11. The Morgan fingerprint density at radius 2 is 1.56 bits per heavy atom. The van der Waals surface area contributed by atoms with Crippen LogP contribution in [-0.2, 0) is 4.79 Å². The lowest BCUT2D eigenvalue weighted by atomic mass is 10.2. The Labute approximate surface area is 160 Å². The van der Waals surface area contributed by atoms with E-state index in [-0.39, 0.29) is 11.8 Å². The van der Waals surface area contributed by atoms with E-state index >= 15 is 0 Å². The van der Waals surface area contributed by atoms with Crippen LogP contribution in [0.4, 0.5) is 11.4 Å². The number of amides is 2. The van der Waals surface area contributed by atoms with Crippen LogP contribution in [0.3, 0.4) is 0 Å². The Morgan fingerprint density at radius 1 is 0.926 bits per heavy atom. The maximum absolute atomic E-state index is 12.6. The summed E-state index contributed by atoms with van der Waals surface area (Å²) in [6.07, 6.45) is 0. The molecular formula is C21H26N4O2. The highest BCUT2D eigenvalue weighted by molar-refractivity contribution is 6.02. The van der Waals surface area contributed by atoms with E-state index in [1.165, 1.54) is 0 Å². The SMILES string of the molecule is CC(NC(=O)c1ccccc1)C(=O)Nc1ccccc1N1CCN(C)CC1. The number of piperazine rings is 1. The summed E-state index contributed by atoms with van der Waals surface area (Å²) in [5, 5.41) is 5.72. The molecule has 1 saturated heterocycles. The number of nitrogens with one attached hydrogen (secondary N) is 2. The predicted octanol–water partition coefficient (Wildman–Crippen LogP) is 2.20. The minimum atomic E-state index is -0.641. The van der Waals surface area contributed by atoms with Crippen molar-refractivity contribution in [2.24, 2.45) is 0 Å². The van der Waals surface area contributed by atoms with Crippen molar-refractivity contribution in [2.45, 2.75) is 13.0 Å². The van der Waals surface area contributed by atoms with Crippen LogP contribution in [0.5, 0.6) is 0 Å². The van der Waals surface area contributed by atoms with Gasteiger partial charge in [-0.15, -0.1) is 0 Å². The molecular weight excluding hydrogens is 340 g/mol. The number of hydrogen-bond donors (Lipinski definition) is 2. The Morgan fingerprint density at radius 3 is 2.26 bits per heavy atom. The quantitative estimate of drug-likeness (QED) is 0.851. The van der Waals surface area contributed by atoms with Crippen LogP contribution in [0.1, 0.15) is 17.3 Å². The summed E-state index contributed by atoms with van der Waals surface area (Å²) in [6, 6.07) is 16.1. The van der Waals surface area contributed by atoms with Gasteiger partial charge in [0, 0.05) is 31.7 Å². The Hall–Kier alpha value is -2.86. The molecule has 3 rings (SSSR count). The lowest BCUT2D eigenvalue weighted by Crippen LogP contribution is -2.45. The number of likely N-dealkylation sites (N-methyl/N-ethyl adjacent to an activating group) is 1. The molecule has 1 aliphatic rings. The van der Waals surface area contributed by atoms with Crippen LogP contribution in [0, 0.1) is 0 Å². The molecule has 1 aliphatic heterocycles. The third-order valence-electron chi connectivity index (χ3n) is 4.78. The first-order valence-corrected chi connectivity index (χ1v) is 9.24. The van der Waals surface area contributed by atoms with E-state index in [0.717, 1.165) is 37.6 Å². The summed E-state index contributed by atoms with van der Waals surface area (Å²) < 4.78 is 0. The number of nitrogens with zero attached hydrogens (tertiary/aromatic N) is 2. The first-order chi connectivity index (χ1) is 13.0. The molecule has 0 saturated carbocycles. The molecule has 142 valence electrons. The number of benzene rings is 2. The first-order valence-electron chi connectivity index (χ1n) is 9.24. The van der Waals surface area contributed by atoms with Crippen LogP contribution in [0.2, 0.25) is 0 Å². The van der Waals surface area contributed by atoms with Crippen molar-refractivity contribution in [2.75, 3.05) is 43.4 Å². The summed E-state index contributed by atoms with van der Waals surface area (Å²) in [5.74, 6) is -0.494. The second kappa shape index (κ2) is 8.68. The van der Waals surface area contributed by atoms with Crippen molar-refractivity contribution >= 4 is 23.2 Å². The maximum Gasteiger partial charge on any atom is 0.251 e. The molecule has 6 nitrogen and oxygen atoms in total. The number of hydrogen-bond acceptors (Lipinski definition) is 4. The van der Waals surface area contributed by atoms with E-state index in [0.29, 0.717) is 5.56 Å². The molecule has 2 N–H and O–H groups in total. The standard InChI is InChI=1S/C21H26N4O2/c1-16(22-21(27)17-8-4-3-5-9-17)20(26)23-18-10-6-7-11-19(18)25-14-12-24(2)13-15-25/h3-11,16H,12-15H2,1-2H3,(H,22,27)(H,23,26). The molecule has 1 unspecified atom stereocenters. The van der Waals surface area contributed by atoms with Crippen LogP contribution in [-0.4, -0.2) is 56.0 Å². The van der Waals surface area contributed by atoms with Gasteiger partial charge in [0.25, 0.3) is 5.91 Å². The van der Waals surface area contributed by atoms with Gasteiger partial charge in [0.2, 0.25) is 5.91 Å². The van der Waals surface area contributed by atoms with Crippen molar-refractivity contribution in [1.29, 1.82) is 0 Å². The van der Waals surface area contributed by atoms with E-state index in [1.54, 1.807) is 31.2 Å². The molecule has 27 heavy (non-hydrogen) atoms. The number of carbonyl (C=O) groups is 2. The van der Waals surface area contributed by atoms with Gasteiger partial charge in [0.05, 0.1) is 11.4 Å². The first kappa shape index (κ1) is 18.9. The Bertz CT molecular complexity index is 786. The zero-order chi connectivity index (χ0) is 19.2. The molecule has 0 spiro atoms. The summed E-state index contributed by atoms with van der Waals surface area (Å²) in [4.78, 5) is 29.4.